The fraction of sp³-hybridized carbons (Fsp3) is 1.00. The third kappa shape index (κ3) is 2.48. The summed E-state index contributed by atoms with van der Waals surface area (Å²) in [6.07, 6.45) is 9.53. The molecule has 1 aliphatic heterocycles. The van der Waals surface area contributed by atoms with Gasteiger partial charge in [-0.1, -0.05) is 26.2 Å². The maximum atomic E-state index is 5.89. The van der Waals surface area contributed by atoms with Crippen molar-refractivity contribution in [3.63, 3.8) is 0 Å². The van der Waals surface area contributed by atoms with E-state index in [2.05, 4.69) is 6.92 Å². The molecular formula is C12H22O2. The Morgan fingerprint density at radius 3 is 2.93 bits per heavy atom. The smallest absolute Gasteiger partial charge is 0.158 e. The highest BCUT2D eigenvalue weighted by Crippen LogP contribution is 2.37. The van der Waals surface area contributed by atoms with Crippen LogP contribution in [-0.4, -0.2) is 19.0 Å². The van der Waals surface area contributed by atoms with Crippen LogP contribution in [0.5, 0.6) is 0 Å². The zero-order chi connectivity index (χ0) is 9.80. The Balaban J connectivity index is 1.70. The lowest BCUT2D eigenvalue weighted by Gasteiger charge is -2.22. The lowest BCUT2D eigenvalue weighted by atomic mass is 9.86. The maximum Gasteiger partial charge on any atom is 0.158 e. The van der Waals surface area contributed by atoms with Gasteiger partial charge in [-0.25, -0.2) is 0 Å². The molecular weight excluding hydrogens is 176 g/mol. The van der Waals surface area contributed by atoms with Crippen molar-refractivity contribution in [2.45, 2.75) is 64.3 Å². The van der Waals surface area contributed by atoms with Gasteiger partial charge < -0.3 is 9.47 Å². The van der Waals surface area contributed by atoms with Crippen molar-refractivity contribution < 1.29 is 9.47 Å². The summed E-state index contributed by atoms with van der Waals surface area (Å²) in [5, 5.41) is 0. The first-order valence-electron chi connectivity index (χ1n) is 6.17. The third-order valence-corrected chi connectivity index (χ3v) is 3.46. The van der Waals surface area contributed by atoms with Crippen LogP contribution in [0.2, 0.25) is 0 Å². The standard InChI is InChI=1S/C12H22O2/c1-2-3-8-13-12-9-10-6-4-5-7-11(10)14-12/h10-12H,2-9H2,1H3/t10-,11-,12?/m1/s1. The normalized spacial score (nSPS) is 37.1. The second-order valence-electron chi connectivity index (χ2n) is 4.61. The first-order valence-corrected chi connectivity index (χ1v) is 6.17. The third-order valence-electron chi connectivity index (χ3n) is 3.46. The monoisotopic (exact) mass is 198 g/mol. The minimum absolute atomic E-state index is 0.120. The van der Waals surface area contributed by atoms with Gasteiger partial charge in [0.1, 0.15) is 0 Å². The molecule has 0 radical (unpaired) electrons. The average molecular weight is 198 g/mol. The zero-order valence-corrected chi connectivity index (χ0v) is 9.21. The predicted molar refractivity (Wildman–Crippen MR) is 56.1 cm³/mol. The summed E-state index contributed by atoms with van der Waals surface area (Å²) in [6, 6.07) is 0. The molecule has 1 aliphatic carbocycles. The highest BCUT2D eigenvalue weighted by Gasteiger charge is 2.36. The number of ether oxygens (including phenoxy) is 2. The van der Waals surface area contributed by atoms with Crippen LogP contribution in [0.15, 0.2) is 0 Å². The minimum Gasteiger partial charge on any atom is -0.353 e. The van der Waals surface area contributed by atoms with Crippen molar-refractivity contribution in [1.82, 2.24) is 0 Å². The van der Waals surface area contributed by atoms with E-state index >= 15 is 0 Å². The topological polar surface area (TPSA) is 18.5 Å². The summed E-state index contributed by atoms with van der Waals surface area (Å²) in [5.41, 5.74) is 0. The molecule has 3 atom stereocenters. The molecule has 82 valence electrons. The van der Waals surface area contributed by atoms with Gasteiger partial charge in [0.2, 0.25) is 0 Å². The van der Waals surface area contributed by atoms with Gasteiger partial charge in [-0.05, 0) is 25.2 Å². The van der Waals surface area contributed by atoms with Gasteiger partial charge in [0.25, 0.3) is 0 Å². The van der Waals surface area contributed by atoms with Gasteiger partial charge in [0.15, 0.2) is 6.29 Å². The largest absolute Gasteiger partial charge is 0.353 e. The van der Waals surface area contributed by atoms with Crippen LogP contribution in [0.25, 0.3) is 0 Å². The molecule has 0 bridgehead atoms. The van der Waals surface area contributed by atoms with Crippen LogP contribution >= 0.6 is 0 Å². The maximum absolute atomic E-state index is 5.89. The summed E-state index contributed by atoms with van der Waals surface area (Å²) in [7, 11) is 0. The Morgan fingerprint density at radius 2 is 2.14 bits per heavy atom. The van der Waals surface area contributed by atoms with Crippen molar-refractivity contribution in [1.29, 1.82) is 0 Å². The second-order valence-corrected chi connectivity index (χ2v) is 4.61. The Morgan fingerprint density at radius 1 is 1.29 bits per heavy atom. The number of rotatable bonds is 4. The zero-order valence-electron chi connectivity index (χ0n) is 9.21. The molecule has 2 heteroatoms. The van der Waals surface area contributed by atoms with E-state index in [9.17, 15) is 0 Å². The van der Waals surface area contributed by atoms with Gasteiger partial charge in [-0.15, -0.1) is 0 Å². The Labute approximate surface area is 87.0 Å². The molecule has 1 unspecified atom stereocenters. The fourth-order valence-corrected chi connectivity index (χ4v) is 2.59. The highest BCUT2D eigenvalue weighted by atomic mass is 16.7. The first-order chi connectivity index (χ1) is 6.90. The summed E-state index contributed by atoms with van der Waals surface area (Å²) >= 11 is 0. The molecule has 0 aromatic heterocycles. The molecule has 2 fully saturated rings. The van der Waals surface area contributed by atoms with Crippen LogP contribution in [-0.2, 0) is 9.47 Å². The lowest BCUT2D eigenvalue weighted by molar-refractivity contribution is -0.137. The Bertz CT molecular complexity index is 156. The Hall–Kier alpha value is -0.0800. The number of hydrogen-bond acceptors (Lipinski definition) is 2. The number of fused-ring (bicyclic) bond motifs is 1. The summed E-state index contributed by atoms with van der Waals surface area (Å²) in [5.74, 6) is 0.801. The van der Waals surface area contributed by atoms with E-state index in [1.165, 1.54) is 32.1 Å². The van der Waals surface area contributed by atoms with Crippen LogP contribution in [0.4, 0.5) is 0 Å². The number of unbranched alkanes of at least 4 members (excludes halogenated alkanes) is 1. The molecule has 1 saturated carbocycles. The molecule has 1 saturated heterocycles. The van der Waals surface area contributed by atoms with E-state index in [0.29, 0.717) is 6.10 Å². The molecule has 1 heterocycles. The van der Waals surface area contributed by atoms with Gasteiger partial charge >= 0.3 is 0 Å². The molecule has 14 heavy (non-hydrogen) atoms. The van der Waals surface area contributed by atoms with E-state index in [-0.39, 0.29) is 6.29 Å². The van der Waals surface area contributed by atoms with Crippen molar-refractivity contribution in [2.75, 3.05) is 6.61 Å². The van der Waals surface area contributed by atoms with Crippen LogP contribution in [0, 0.1) is 5.92 Å². The van der Waals surface area contributed by atoms with Crippen LogP contribution < -0.4 is 0 Å². The molecule has 2 aliphatic rings. The van der Waals surface area contributed by atoms with Gasteiger partial charge in [0.05, 0.1) is 6.10 Å². The summed E-state index contributed by atoms with van der Waals surface area (Å²) in [4.78, 5) is 0. The molecule has 0 amide bonds. The molecule has 0 N–H and O–H groups in total. The number of hydrogen-bond donors (Lipinski definition) is 0. The SMILES string of the molecule is CCCCOC1C[C@H]2CCCC[C@H]2O1. The predicted octanol–water partition coefficient (Wildman–Crippen LogP) is 3.11. The van der Waals surface area contributed by atoms with Crippen LogP contribution in [0.1, 0.15) is 51.9 Å². The van der Waals surface area contributed by atoms with E-state index < -0.39 is 0 Å². The minimum atomic E-state index is 0.120. The van der Waals surface area contributed by atoms with Gasteiger partial charge in [-0.2, -0.15) is 0 Å². The average Bonchev–Trinajstić information content (AvgIpc) is 2.60. The van der Waals surface area contributed by atoms with Crippen molar-refractivity contribution >= 4 is 0 Å². The Kier molecular flexibility index (Phi) is 3.82. The van der Waals surface area contributed by atoms with Gasteiger partial charge in [-0.3, -0.25) is 0 Å². The molecule has 0 aromatic carbocycles. The van der Waals surface area contributed by atoms with E-state index in [1.54, 1.807) is 0 Å². The van der Waals surface area contributed by atoms with Crippen molar-refractivity contribution in [3.8, 4) is 0 Å². The van der Waals surface area contributed by atoms with Crippen molar-refractivity contribution in [3.05, 3.63) is 0 Å². The quantitative estimate of drug-likeness (QED) is 0.646. The second kappa shape index (κ2) is 5.13. The van der Waals surface area contributed by atoms with E-state index in [0.717, 1.165) is 25.4 Å². The molecule has 0 spiro atoms. The van der Waals surface area contributed by atoms with Crippen LogP contribution in [0.3, 0.4) is 0 Å². The molecule has 0 aromatic rings. The molecule has 2 rings (SSSR count). The van der Waals surface area contributed by atoms with Crippen molar-refractivity contribution in [2.24, 2.45) is 5.92 Å². The van der Waals surface area contributed by atoms with Gasteiger partial charge in [0, 0.05) is 13.0 Å². The highest BCUT2D eigenvalue weighted by molar-refractivity contribution is 4.82. The molecule has 2 nitrogen and oxygen atoms in total. The summed E-state index contributed by atoms with van der Waals surface area (Å²) in [6.45, 7) is 3.07. The van der Waals surface area contributed by atoms with E-state index in [1.807, 2.05) is 0 Å². The van der Waals surface area contributed by atoms with E-state index in [4.69, 9.17) is 9.47 Å². The first kappa shape index (κ1) is 10.4. The fourth-order valence-electron chi connectivity index (χ4n) is 2.59. The lowest BCUT2D eigenvalue weighted by Crippen LogP contribution is -2.20. The summed E-state index contributed by atoms with van der Waals surface area (Å²) < 4.78 is 11.6.